The molecule has 0 atom stereocenters. The summed E-state index contributed by atoms with van der Waals surface area (Å²) in [5.41, 5.74) is 5.35. The lowest BCUT2D eigenvalue weighted by molar-refractivity contribution is 0.415. The number of nitrogens with two attached hydrogens (primary N) is 1. The van der Waals surface area contributed by atoms with Crippen molar-refractivity contribution in [3.8, 4) is 17.1 Å². The number of hydrazine groups is 1. The molecule has 0 unspecified atom stereocenters. The number of benzene rings is 1. The number of rotatable bonds is 4. The molecule has 3 N–H and O–H groups in total. The summed E-state index contributed by atoms with van der Waals surface area (Å²) in [5, 5.41) is 0.521. The molecule has 1 heterocycles. The maximum Gasteiger partial charge on any atom is 0.161 e. The van der Waals surface area contributed by atoms with Crippen LogP contribution in [0.5, 0.6) is 5.75 Å². The van der Waals surface area contributed by atoms with Crippen LogP contribution < -0.4 is 16.0 Å². The van der Waals surface area contributed by atoms with Crippen LogP contribution in [0.4, 0.5) is 5.82 Å². The Morgan fingerprint density at radius 2 is 2.10 bits per heavy atom. The van der Waals surface area contributed by atoms with Crippen LogP contribution in [0.2, 0.25) is 5.02 Å². The second kappa shape index (κ2) is 6.07. The molecule has 1 aromatic heterocycles. The number of aryl methyl sites for hydroxylation is 1. The van der Waals surface area contributed by atoms with Gasteiger partial charge in [-0.25, -0.2) is 15.8 Å². The van der Waals surface area contributed by atoms with E-state index in [1.165, 1.54) is 0 Å². The Morgan fingerprint density at radius 1 is 1.35 bits per heavy atom. The van der Waals surface area contributed by atoms with Gasteiger partial charge in [0.1, 0.15) is 11.6 Å². The van der Waals surface area contributed by atoms with Crippen LogP contribution in [0, 0.1) is 6.92 Å². The van der Waals surface area contributed by atoms with Crippen molar-refractivity contribution in [3.63, 3.8) is 0 Å². The smallest absolute Gasteiger partial charge is 0.161 e. The van der Waals surface area contributed by atoms with E-state index in [4.69, 9.17) is 22.2 Å². The highest BCUT2D eigenvalue weighted by molar-refractivity contribution is 6.32. The SMILES string of the molecule is CCc1c(C)nc(-c2ccc(OC)c(Cl)c2)nc1NN. The van der Waals surface area contributed by atoms with Gasteiger partial charge in [0.2, 0.25) is 0 Å². The van der Waals surface area contributed by atoms with Crippen molar-refractivity contribution < 1.29 is 4.74 Å². The number of methoxy groups -OCH3 is 1. The van der Waals surface area contributed by atoms with E-state index >= 15 is 0 Å². The molecule has 0 bridgehead atoms. The van der Waals surface area contributed by atoms with Gasteiger partial charge in [-0.15, -0.1) is 0 Å². The Hall–Kier alpha value is -1.85. The Kier molecular flexibility index (Phi) is 4.42. The molecule has 2 aromatic rings. The summed E-state index contributed by atoms with van der Waals surface area (Å²) < 4.78 is 5.14. The maximum atomic E-state index is 6.13. The van der Waals surface area contributed by atoms with Crippen molar-refractivity contribution in [2.75, 3.05) is 12.5 Å². The minimum atomic E-state index is 0.521. The first kappa shape index (κ1) is 14.6. The lowest BCUT2D eigenvalue weighted by Gasteiger charge is -2.12. The molecule has 0 spiro atoms. The Labute approximate surface area is 123 Å². The summed E-state index contributed by atoms with van der Waals surface area (Å²) in [4.78, 5) is 8.96. The molecule has 6 heteroatoms. The van der Waals surface area contributed by atoms with E-state index in [2.05, 4.69) is 15.4 Å². The Bertz CT molecular complexity index is 631. The van der Waals surface area contributed by atoms with Crippen LogP contribution in [0.25, 0.3) is 11.4 Å². The van der Waals surface area contributed by atoms with Crippen LogP contribution in [0.15, 0.2) is 18.2 Å². The second-order valence-electron chi connectivity index (χ2n) is 4.31. The summed E-state index contributed by atoms with van der Waals surface area (Å²) in [6.45, 7) is 3.98. The van der Waals surface area contributed by atoms with Gasteiger partial charge in [-0.3, -0.25) is 0 Å². The molecule has 1 aromatic carbocycles. The van der Waals surface area contributed by atoms with E-state index in [1.807, 2.05) is 19.9 Å². The third-order valence-electron chi connectivity index (χ3n) is 3.11. The van der Waals surface area contributed by atoms with E-state index in [-0.39, 0.29) is 0 Å². The summed E-state index contributed by atoms with van der Waals surface area (Å²) in [7, 11) is 1.58. The number of nitrogens with zero attached hydrogens (tertiary/aromatic N) is 2. The van der Waals surface area contributed by atoms with Crippen molar-refractivity contribution in [2.24, 2.45) is 5.84 Å². The second-order valence-corrected chi connectivity index (χ2v) is 4.71. The fraction of sp³-hybridized carbons (Fsp3) is 0.286. The quantitative estimate of drug-likeness (QED) is 0.669. The van der Waals surface area contributed by atoms with Gasteiger partial charge >= 0.3 is 0 Å². The molecule has 20 heavy (non-hydrogen) atoms. The summed E-state index contributed by atoms with van der Waals surface area (Å²) in [6, 6.07) is 5.44. The molecule has 0 saturated heterocycles. The molecule has 0 saturated carbocycles. The monoisotopic (exact) mass is 292 g/mol. The first-order valence-electron chi connectivity index (χ1n) is 6.28. The van der Waals surface area contributed by atoms with Gasteiger partial charge in [-0.1, -0.05) is 18.5 Å². The largest absolute Gasteiger partial charge is 0.495 e. The van der Waals surface area contributed by atoms with Gasteiger partial charge in [-0.2, -0.15) is 0 Å². The number of ether oxygens (including phenoxy) is 1. The molecule has 0 amide bonds. The molecule has 2 rings (SSSR count). The van der Waals surface area contributed by atoms with E-state index in [9.17, 15) is 0 Å². The van der Waals surface area contributed by atoms with Crippen LogP contribution in [-0.2, 0) is 6.42 Å². The van der Waals surface area contributed by atoms with Crippen LogP contribution in [0.3, 0.4) is 0 Å². The minimum absolute atomic E-state index is 0.521. The van der Waals surface area contributed by atoms with E-state index in [0.29, 0.717) is 22.4 Å². The molecule has 106 valence electrons. The predicted molar refractivity (Wildman–Crippen MR) is 81.0 cm³/mol. The highest BCUT2D eigenvalue weighted by Crippen LogP contribution is 2.30. The van der Waals surface area contributed by atoms with Gasteiger partial charge in [0.05, 0.1) is 12.1 Å². The van der Waals surface area contributed by atoms with E-state index < -0.39 is 0 Å². The Balaban J connectivity index is 2.53. The van der Waals surface area contributed by atoms with Gasteiger partial charge in [0, 0.05) is 16.8 Å². The lowest BCUT2D eigenvalue weighted by atomic mass is 10.1. The number of anilines is 1. The van der Waals surface area contributed by atoms with E-state index in [1.54, 1.807) is 19.2 Å². The zero-order valence-corrected chi connectivity index (χ0v) is 12.5. The highest BCUT2D eigenvalue weighted by atomic mass is 35.5. The molecular weight excluding hydrogens is 276 g/mol. The average molecular weight is 293 g/mol. The summed E-state index contributed by atoms with van der Waals surface area (Å²) in [6.07, 6.45) is 0.814. The van der Waals surface area contributed by atoms with Crippen molar-refractivity contribution in [2.45, 2.75) is 20.3 Å². The maximum absolute atomic E-state index is 6.13. The fourth-order valence-electron chi connectivity index (χ4n) is 2.07. The number of aromatic nitrogens is 2. The zero-order valence-electron chi connectivity index (χ0n) is 11.7. The van der Waals surface area contributed by atoms with Crippen molar-refractivity contribution in [3.05, 3.63) is 34.5 Å². The molecule has 0 radical (unpaired) electrons. The molecule has 0 fully saturated rings. The highest BCUT2D eigenvalue weighted by Gasteiger charge is 2.12. The van der Waals surface area contributed by atoms with Crippen molar-refractivity contribution >= 4 is 17.4 Å². The average Bonchev–Trinajstić information content (AvgIpc) is 2.46. The predicted octanol–water partition coefficient (Wildman–Crippen LogP) is 2.96. The number of hydrogen-bond acceptors (Lipinski definition) is 5. The van der Waals surface area contributed by atoms with Gasteiger partial charge in [0.25, 0.3) is 0 Å². The van der Waals surface area contributed by atoms with Gasteiger partial charge in [-0.05, 0) is 31.5 Å². The first-order chi connectivity index (χ1) is 9.60. The number of hydrogen-bond donors (Lipinski definition) is 2. The minimum Gasteiger partial charge on any atom is -0.495 e. The lowest BCUT2D eigenvalue weighted by Crippen LogP contribution is -2.13. The van der Waals surface area contributed by atoms with Gasteiger partial charge < -0.3 is 10.2 Å². The van der Waals surface area contributed by atoms with Crippen molar-refractivity contribution in [1.82, 2.24) is 9.97 Å². The third kappa shape index (κ3) is 2.69. The zero-order chi connectivity index (χ0) is 14.7. The normalized spacial score (nSPS) is 10.4. The van der Waals surface area contributed by atoms with E-state index in [0.717, 1.165) is 23.2 Å². The standard InChI is InChI=1S/C14H17ClN4O/c1-4-10-8(2)17-13(18-14(10)19-16)9-5-6-12(20-3)11(15)7-9/h5-7H,4,16H2,1-3H3,(H,17,18,19). The Morgan fingerprint density at radius 3 is 2.65 bits per heavy atom. The molecule has 5 nitrogen and oxygen atoms in total. The molecule has 0 aliphatic heterocycles. The molecule has 0 aliphatic carbocycles. The molecular formula is C14H17ClN4O. The van der Waals surface area contributed by atoms with Crippen LogP contribution in [-0.4, -0.2) is 17.1 Å². The summed E-state index contributed by atoms with van der Waals surface area (Å²) >= 11 is 6.13. The topological polar surface area (TPSA) is 73.1 Å². The van der Waals surface area contributed by atoms with Gasteiger partial charge in [0.15, 0.2) is 5.82 Å². The fourth-order valence-corrected chi connectivity index (χ4v) is 2.33. The third-order valence-corrected chi connectivity index (χ3v) is 3.41. The van der Waals surface area contributed by atoms with Crippen LogP contribution >= 0.6 is 11.6 Å². The summed E-state index contributed by atoms with van der Waals surface area (Å²) in [5.74, 6) is 7.37. The van der Waals surface area contributed by atoms with Crippen LogP contribution in [0.1, 0.15) is 18.2 Å². The number of nitrogens with one attached hydrogen (secondary N) is 1. The van der Waals surface area contributed by atoms with Crippen molar-refractivity contribution in [1.29, 1.82) is 0 Å². The first-order valence-corrected chi connectivity index (χ1v) is 6.66. The number of halogens is 1. The molecule has 0 aliphatic rings. The number of nitrogen functional groups attached to an aromatic ring is 1.